The van der Waals surface area contributed by atoms with Crippen LogP contribution in [-0.2, 0) is 23.9 Å². The van der Waals surface area contributed by atoms with Crippen molar-refractivity contribution in [3.05, 3.63) is 12.2 Å². The van der Waals surface area contributed by atoms with Gasteiger partial charge in [-0.05, 0) is 0 Å². The molecule has 0 aromatic heterocycles. The van der Waals surface area contributed by atoms with E-state index in [9.17, 15) is 14.4 Å². The first-order chi connectivity index (χ1) is 6.06. The van der Waals surface area contributed by atoms with Crippen molar-refractivity contribution in [1.82, 2.24) is 0 Å². The first kappa shape index (κ1) is 11.2. The molecular formula is C7H8O6. The van der Waals surface area contributed by atoms with E-state index in [1.165, 1.54) is 0 Å². The SMILES string of the molecule is COC(=O)COC(=O)/C=C\C(=O)O. The van der Waals surface area contributed by atoms with E-state index >= 15 is 0 Å². The molecule has 0 atom stereocenters. The minimum absolute atomic E-state index is 0.528. The summed E-state index contributed by atoms with van der Waals surface area (Å²) in [6.07, 6.45) is 1.31. The molecule has 0 radical (unpaired) electrons. The van der Waals surface area contributed by atoms with Crippen LogP contribution in [0, 0.1) is 0 Å². The van der Waals surface area contributed by atoms with Crippen LogP contribution in [0.5, 0.6) is 0 Å². The molecule has 0 aliphatic rings. The molecule has 0 aromatic carbocycles. The molecule has 6 heteroatoms. The van der Waals surface area contributed by atoms with Crippen molar-refractivity contribution in [3.8, 4) is 0 Å². The second-order valence-corrected chi connectivity index (χ2v) is 1.86. The Kier molecular flexibility index (Phi) is 4.94. The number of carbonyl (C=O) groups is 3. The predicted molar refractivity (Wildman–Crippen MR) is 39.8 cm³/mol. The van der Waals surface area contributed by atoms with Gasteiger partial charge in [-0.2, -0.15) is 0 Å². The summed E-state index contributed by atoms with van der Waals surface area (Å²) in [6.45, 7) is -0.528. The van der Waals surface area contributed by atoms with Crippen molar-refractivity contribution >= 4 is 17.9 Å². The fourth-order valence-corrected chi connectivity index (χ4v) is 0.376. The molecule has 0 spiro atoms. The van der Waals surface area contributed by atoms with Gasteiger partial charge >= 0.3 is 17.9 Å². The highest BCUT2D eigenvalue weighted by Gasteiger charge is 2.03. The van der Waals surface area contributed by atoms with Crippen LogP contribution < -0.4 is 0 Å². The third kappa shape index (κ3) is 6.54. The van der Waals surface area contributed by atoms with E-state index in [-0.39, 0.29) is 0 Å². The number of hydrogen-bond acceptors (Lipinski definition) is 5. The van der Waals surface area contributed by atoms with Crippen LogP contribution in [0.3, 0.4) is 0 Å². The van der Waals surface area contributed by atoms with E-state index in [2.05, 4.69) is 9.47 Å². The maximum Gasteiger partial charge on any atom is 0.344 e. The van der Waals surface area contributed by atoms with Gasteiger partial charge in [0.25, 0.3) is 0 Å². The summed E-state index contributed by atoms with van der Waals surface area (Å²) in [4.78, 5) is 30.9. The number of hydrogen-bond donors (Lipinski definition) is 1. The van der Waals surface area contributed by atoms with Gasteiger partial charge in [0, 0.05) is 12.2 Å². The van der Waals surface area contributed by atoms with Gasteiger partial charge in [-0.15, -0.1) is 0 Å². The molecule has 0 fully saturated rings. The van der Waals surface area contributed by atoms with Crippen LogP contribution in [0.25, 0.3) is 0 Å². The first-order valence-electron chi connectivity index (χ1n) is 3.21. The average Bonchev–Trinajstić information content (AvgIpc) is 2.10. The number of carboxylic acid groups (broad SMARTS) is 1. The average molecular weight is 188 g/mol. The summed E-state index contributed by atoms with van der Waals surface area (Å²) < 4.78 is 8.45. The van der Waals surface area contributed by atoms with Crippen LogP contribution in [0.4, 0.5) is 0 Å². The van der Waals surface area contributed by atoms with Crippen LogP contribution in [0.1, 0.15) is 0 Å². The van der Waals surface area contributed by atoms with E-state index in [1.54, 1.807) is 0 Å². The molecule has 0 heterocycles. The van der Waals surface area contributed by atoms with Crippen molar-refractivity contribution in [2.45, 2.75) is 0 Å². The number of ether oxygens (including phenoxy) is 2. The van der Waals surface area contributed by atoms with Gasteiger partial charge < -0.3 is 14.6 Å². The Bertz CT molecular complexity index is 241. The molecule has 0 bridgehead atoms. The number of carboxylic acids is 1. The number of methoxy groups -OCH3 is 1. The summed E-state index contributed by atoms with van der Waals surface area (Å²) >= 11 is 0. The maximum absolute atomic E-state index is 10.6. The van der Waals surface area contributed by atoms with Gasteiger partial charge in [-0.1, -0.05) is 0 Å². The van der Waals surface area contributed by atoms with E-state index < -0.39 is 24.5 Å². The first-order valence-corrected chi connectivity index (χ1v) is 3.21. The molecule has 1 N–H and O–H groups in total. The van der Waals surface area contributed by atoms with Crippen molar-refractivity contribution in [1.29, 1.82) is 0 Å². The Labute approximate surface area is 73.7 Å². The molecular weight excluding hydrogens is 180 g/mol. The fourth-order valence-electron chi connectivity index (χ4n) is 0.376. The number of esters is 2. The summed E-state index contributed by atoms with van der Waals surface area (Å²) in [6, 6.07) is 0. The zero-order valence-corrected chi connectivity index (χ0v) is 6.85. The van der Waals surface area contributed by atoms with Gasteiger partial charge in [-0.3, -0.25) is 0 Å². The Morgan fingerprint density at radius 2 is 1.92 bits per heavy atom. The summed E-state index contributed by atoms with van der Waals surface area (Å²) in [5, 5.41) is 8.10. The molecule has 0 amide bonds. The molecule has 0 rings (SSSR count). The number of aliphatic carboxylic acids is 1. The second kappa shape index (κ2) is 5.76. The van der Waals surface area contributed by atoms with Gasteiger partial charge in [0.15, 0.2) is 6.61 Å². The Hall–Kier alpha value is -1.85. The lowest BCUT2D eigenvalue weighted by molar-refractivity contribution is -0.154. The largest absolute Gasteiger partial charge is 0.478 e. The van der Waals surface area contributed by atoms with Crippen molar-refractivity contribution in [2.75, 3.05) is 13.7 Å². The van der Waals surface area contributed by atoms with Crippen molar-refractivity contribution < 1.29 is 29.0 Å². The number of carbonyl (C=O) groups excluding carboxylic acids is 2. The van der Waals surface area contributed by atoms with E-state index in [1.807, 2.05) is 0 Å². The highest BCUT2D eigenvalue weighted by atomic mass is 16.6. The van der Waals surface area contributed by atoms with Gasteiger partial charge in [0.1, 0.15) is 0 Å². The van der Waals surface area contributed by atoms with Crippen LogP contribution in [-0.4, -0.2) is 36.7 Å². The normalized spacial score (nSPS) is 9.62. The minimum Gasteiger partial charge on any atom is -0.478 e. The summed E-state index contributed by atoms with van der Waals surface area (Å²) in [5.41, 5.74) is 0. The Morgan fingerprint density at radius 1 is 1.31 bits per heavy atom. The molecule has 0 unspecified atom stereocenters. The van der Waals surface area contributed by atoms with Crippen molar-refractivity contribution in [2.24, 2.45) is 0 Å². The second-order valence-electron chi connectivity index (χ2n) is 1.86. The minimum atomic E-state index is -1.27. The van der Waals surface area contributed by atoms with Crippen LogP contribution in [0.15, 0.2) is 12.2 Å². The van der Waals surface area contributed by atoms with E-state index in [0.29, 0.717) is 12.2 Å². The smallest absolute Gasteiger partial charge is 0.344 e. The molecule has 0 aliphatic carbocycles. The maximum atomic E-state index is 10.6. The zero-order chi connectivity index (χ0) is 10.3. The fraction of sp³-hybridized carbons (Fsp3) is 0.286. The van der Waals surface area contributed by atoms with Crippen molar-refractivity contribution in [3.63, 3.8) is 0 Å². The van der Waals surface area contributed by atoms with Gasteiger partial charge in [-0.25, -0.2) is 14.4 Å². The zero-order valence-electron chi connectivity index (χ0n) is 6.85. The lowest BCUT2D eigenvalue weighted by atomic mass is 10.5. The van der Waals surface area contributed by atoms with Crippen LogP contribution in [0.2, 0.25) is 0 Å². The molecule has 0 saturated carbocycles. The summed E-state index contributed by atoms with van der Waals surface area (Å²) in [5.74, 6) is -2.89. The summed E-state index contributed by atoms with van der Waals surface area (Å²) in [7, 11) is 1.14. The highest BCUT2D eigenvalue weighted by Crippen LogP contribution is 1.83. The Morgan fingerprint density at radius 3 is 2.38 bits per heavy atom. The predicted octanol–water partition coefficient (Wildman–Crippen LogP) is -0.657. The third-order valence-corrected chi connectivity index (χ3v) is 0.922. The lowest BCUT2D eigenvalue weighted by Crippen LogP contribution is -2.13. The standard InChI is InChI=1S/C7H8O6/c1-12-7(11)4-13-6(10)3-2-5(8)9/h2-3H,4H2,1H3,(H,8,9)/b3-2-. The van der Waals surface area contributed by atoms with E-state index in [4.69, 9.17) is 5.11 Å². The van der Waals surface area contributed by atoms with Gasteiger partial charge in [0.05, 0.1) is 7.11 Å². The third-order valence-electron chi connectivity index (χ3n) is 0.922. The quantitative estimate of drug-likeness (QED) is 0.465. The van der Waals surface area contributed by atoms with Gasteiger partial charge in [0.2, 0.25) is 0 Å². The van der Waals surface area contributed by atoms with Crippen LogP contribution >= 0.6 is 0 Å². The molecule has 13 heavy (non-hydrogen) atoms. The molecule has 0 aliphatic heterocycles. The lowest BCUT2D eigenvalue weighted by Gasteiger charge is -1.98. The molecule has 0 aromatic rings. The monoisotopic (exact) mass is 188 g/mol. The molecule has 0 saturated heterocycles. The molecule has 6 nitrogen and oxygen atoms in total. The highest BCUT2D eigenvalue weighted by molar-refractivity contribution is 5.91. The topological polar surface area (TPSA) is 89.9 Å². The van der Waals surface area contributed by atoms with E-state index in [0.717, 1.165) is 7.11 Å². The molecule has 72 valence electrons. The Balaban J connectivity index is 3.76. The number of rotatable bonds is 4.